The minimum atomic E-state index is 0. The Hall–Kier alpha value is -1.53. The van der Waals surface area contributed by atoms with Gasteiger partial charge in [0.25, 0.3) is 0 Å². The molecule has 0 aliphatic rings. The number of hydrogen-bond acceptors (Lipinski definition) is 0. The highest BCUT2D eigenvalue weighted by molar-refractivity contribution is 5.85. The lowest BCUT2D eigenvalue weighted by Crippen LogP contribution is -1.86. The zero-order chi connectivity index (χ0) is 10.5. The van der Waals surface area contributed by atoms with Gasteiger partial charge < -0.3 is 0 Å². The van der Waals surface area contributed by atoms with Crippen LogP contribution in [0.25, 0.3) is 5.57 Å². The lowest BCUT2D eigenvalue weighted by molar-refractivity contribution is 1.53. The zero-order valence-electron chi connectivity index (χ0n) is 9.26. The molecule has 2 rings (SSSR count). The van der Waals surface area contributed by atoms with Crippen molar-refractivity contribution in [1.82, 2.24) is 0 Å². The van der Waals surface area contributed by atoms with E-state index >= 15 is 0 Å². The maximum atomic E-state index is 2.16. The molecule has 0 unspecified atom stereocenters. The molecule has 82 valence electrons. The van der Waals surface area contributed by atoms with Gasteiger partial charge in [-0.25, -0.2) is 0 Å². The maximum absolute atomic E-state index is 2.16. The smallest absolute Gasteiger partial charge is 0.0154 e. The van der Waals surface area contributed by atoms with E-state index in [1.54, 1.807) is 0 Å². The van der Waals surface area contributed by atoms with E-state index in [9.17, 15) is 0 Å². The average Bonchev–Trinajstić information content (AvgIpc) is 2.33. The Morgan fingerprint density at radius 1 is 0.750 bits per heavy atom. The van der Waals surface area contributed by atoms with Crippen LogP contribution in [0.1, 0.15) is 18.1 Å². The van der Waals surface area contributed by atoms with Gasteiger partial charge in [-0.05, 0) is 23.6 Å². The summed E-state index contributed by atoms with van der Waals surface area (Å²) in [4.78, 5) is 0. The molecule has 0 saturated carbocycles. The van der Waals surface area contributed by atoms with Gasteiger partial charge >= 0.3 is 0 Å². The molecular formula is C15H15Cl. The first kappa shape index (κ1) is 12.5. The van der Waals surface area contributed by atoms with Crippen molar-refractivity contribution in [3.8, 4) is 0 Å². The Balaban J connectivity index is 0.00000128. The molecule has 0 aromatic heterocycles. The van der Waals surface area contributed by atoms with Crippen molar-refractivity contribution in [3.05, 3.63) is 77.9 Å². The van der Waals surface area contributed by atoms with Crippen LogP contribution in [0.15, 0.2) is 66.7 Å². The third-order valence-corrected chi connectivity index (χ3v) is 2.46. The van der Waals surface area contributed by atoms with Crippen LogP contribution in [0, 0.1) is 0 Å². The first-order valence-corrected chi connectivity index (χ1v) is 5.19. The van der Waals surface area contributed by atoms with Crippen LogP contribution in [0.3, 0.4) is 0 Å². The Labute approximate surface area is 103 Å². The standard InChI is InChI=1S/C15H14.ClH/c1-2-15(13-9-5-3-6-10-13)14-11-7-4-8-12-14;/h2-12H,1H3;1H. The number of hydrogen-bond donors (Lipinski definition) is 0. The van der Waals surface area contributed by atoms with Gasteiger partial charge in [0.1, 0.15) is 0 Å². The molecule has 0 bridgehead atoms. The molecule has 0 atom stereocenters. The fourth-order valence-electron chi connectivity index (χ4n) is 1.74. The van der Waals surface area contributed by atoms with Crippen LogP contribution in [-0.4, -0.2) is 0 Å². The zero-order valence-corrected chi connectivity index (χ0v) is 10.1. The van der Waals surface area contributed by atoms with Crippen LogP contribution >= 0.6 is 12.4 Å². The first-order valence-electron chi connectivity index (χ1n) is 5.19. The fraction of sp³-hybridized carbons (Fsp3) is 0.0667. The Kier molecular flexibility index (Phi) is 4.81. The summed E-state index contributed by atoms with van der Waals surface area (Å²) >= 11 is 0. The Bertz CT molecular complexity index is 402. The van der Waals surface area contributed by atoms with Gasteiger partial charge in [-0.1, -0.05) is 66.7 Å². The molecule has 0 spiro atoms. The summed E-state index contributed by atoms with van der Waals surface area (Å²) in [6.45, 7) is 2.08. The first-order chi connectivity index (χ1) is 7.42. The summed E-state index contributed by atoms with van der Waals surface area (Å²) < 4.78 is 0. The SMILES string of the molecule is CC=C(c1ccccc1)c1ccccc1.Cl. The van der Waals surface area contributed by atoms with Gasteiger partial charge in [0.15, 0.2) is 0 Å². The highest BCUT2D eigenvalue weighted by Gasteiger charge is 2.01. The summed E-state index contributed by atoms with van der Waals surface area (Å²) in [6.07, 6.45) is 2.16. The van der Waals surface area contributed by atoms with Gasteiger partial charge in [-0.2, -0.15) is 0 Å². The summed E-state index contributed by atoms with van der Waals surface area (Å²) in [7, 11) is 0. The minimum absolute atomic E-state index is 0. The summed E-state index contributed by atoms with van der Waals surface area (Å²) in [6, 6.07) is 20.9. The third kappa shape index (κ3) is 2.74. The third-order valence-electron chi connectivity index (χ3n) is 2.46. The number of benzene rings is 2. The normalized spacial score (nSPS) is 9.06. The predicted molar refractivity (Wildman–Crippen MR) is 72.9 cm³/mol. The fourth-order valence-corrected chi connectivity index (χ4v) is 1.74. The van der Waals surface area contributed by atoms with Crippen LogP contribution in [-0.2, 0) is 0 Å². The summed E-state index contributed by atoms with van der Waals surface area (Å²) in [5.74, 6) is 0. The van der Waals surface area contributed by atoms with Crippen molar-refractivity contribution in [1.29, 1.82) is 0 Å². The van der Waals surface area contributed by atoms with E-state index in [0.29, 0.717) is 0 Å². The number of allylic oxidation sites excluding steroid dienone is 1. The van der Waals surface area contributed by atoms with Crippen LogP contribution < -0.4 is 0 Å². The van der Waals surface area contributed by atoms with Crippen molar-refractivity contribution < 1.29 is 0 Å². The van der Waals surface area contributed by atoms with Crippen molar-refractivity contribution in [2.24, 2.45) is 0 Å². The quantitative estimate of drug-likeness (QED) is 0.710. The van der Waals surface area contributed by atoms with Crippen LogP contribution in [0.4, 0.5) is 0 Å². The van der Waals surface area contributed by atoms with Crippen molar-refractivity contribution in [2.75, 3.05) is 0 Å². The lowest BCUT2D eigenvalue weighted by atomic mass is 9.98. The topological polar surface area (TPSA) is 0 Å². The second-order valence-corrected chi connectivity index (χ2v) is 3.43. The molecule has 0 aliphatic heterocycles. The summed E-state index contributed by atoms with van der Waals surface area (Å²) in [5, 5.41) is 0. The molecule has 0 nitrogen and oxygen atoms in total. The molecule has 0 N–H and O–H groups in total. The van der Waals surface area contributed by atoms with E-state index in [1.807, 2.05) is 12.1 Å². The molecular weight excluding hydrogens is 216 g/mol. The van der Waals surface area contributed by atoms with Gasteiger partial charge in [0.05, 0.1) is 0 Å². The van der Waals surface area contributed by atoms with Gasteiger partial charge in [0.2, 0.25) is 0 Å². The van der Waals surface area contributed by atoms with E-state index in [-0.39, 0.29) is 12.4 Å². The van der Waals surface area contributed by atoms with E-state index < -0.39 is 0 Å². The lowest BCUT2D eigenvalue weighted by Gasteiger charge is -2.06. The number of halogens is 1. The van der Waals surface area contributed by atoms with Gasteiger partial charge in [-0.3, -0.25) is 0 Å². The molecule has 0 saturated heterocycles. The second kappa shape index (κ2) is 6.14. The molecule has 2 aromatic carbocycles. The molecule has 16 heavy (non-hydrogen) atoms. The highest BCUT2D eigenvalue weighted by atomic mass is 35.5. The van der Waals surface area contributed by atoms with Crippen LogP contribution in [0.2, 0.25) is 0 Å². The molecule has 0 radical (unpaired) electrons. The number of rotatable bonds is 2. The molecule has 0 amide bonds. The van der Waals surface area contributed by atoms with Gasteiger partial charge in [-0.15, -0.1) is 12.4 Å². The Morgan fingerprint density at radius 3 is 1.44 bits per heavy atom. The van der Waals surface area contributed by atoms with E-state index in [0.717, 1.165) is 0 Å². The van der Waals surface area contributed by atoms with E-state index in [4.69, 9.17) is 0 Å². The molecule has 0 aliphatic carbocycles. The van der Waals surface area contributed by atoms with Crippen molar-refractivity contribution >= 4 is 18.0 Å². The highest BCUT2D eigenvalue weighted by Crippen LogP contribution is 2.22. The molecule has 0 fully saturated rings. The Morgan fingerprint density at radius 2 is 1.12 bits per heavy atom. The average molecular weight is 231 g/mol. The van der Waals surface area contributed by atoms with E-state index in [2.05, 4.69) is 61.5 Å². The minimum Gasteiger partial charge on any atom is -0.147 e. The molecule has 1 heteroatoms. The molecule has 2 aromatic rings. The molecule has 0 heterocycles. The maximum Gasteiger partial charge on any atom is -0.0154 e. The van der Waals surface area contributed by atoms with Crippen LogP contribution in [0.5, 0.6) is 0 Å². The van der Waals surface area contributed by atoms with Crippen molar-refractivity contribution in [2.45, 2.75) is 6.92 Å². The predicted octanol–water partition coefficient (Wildman–Crippen LogP) is 4.56. The summed E-state index contributed by atoms with van der Waals surface area (Å²) in [5.41, 5.74) is 3.83. The van der Waals surface area contributed by atoms with E-state index in [1.165, 1.54) is 16.7 Å². The van der Waals surface area contributed by atoms with Gasteiger partial charge in [0, 0.05) is 0 Å². The van der Waals surface area contributed by atoms with Crippen molar-refractivity contribution in [3.63, 3.8) is 0 Å². The largest absolute Gasteiger partial charge is 0.147 e. The second-order valence-electron chi connectivity index (χ2n) is 3.43. The monoisotopic (exact) mass is 230 g/mol.